The van der Waals surface area contributed by atoms with Crippen LogP contribution in [0.4, 0.5) is 11.4 Å². The Bertz CT molecular complexity index is 1890. The summed E-state index contributed by atoms with van der Waals surface area (Å²) in [5.74, 6) is 1.86. The van der Waals surface area contributed by atoms with Crippen LogP contribution < -0.4 is 14.5 Å². The number of aldehydes is 1. The number of unbranched alkanes of at least 4 members (excludes halogenated alkanes) is 1. The van der Waals surface area contributed by atoms with Gasteiger partial charge in [-0.15, -0.1) is 11.6 Å². The number of hydrogen-bond acceptors (Lipinski definition) is 8. The van der Waals surface area contributed by atoms with E-state index in [1.54, 1.807) is 19.5 Å². The normalized spacial score (nSPS) is 13.3. The van der Waals surface area contributed by atoms with Gasteiger partial charge in [-0.25, -0.2) is 0 Å². The van der Waals surface area contributed by atoms with Gasteiger partial charge in [-0.2, -0.15) is 5.26 Å². The van der Waals surface area contributed by atoms with Crippen LogP contribution in [0, 0.1) is 18.3 Å². The topological polar surface area (TPSA) is 91.6 Å². The second-order valence-electron chi connectivity index (χ2n) is 12.8. The molecule has 0 radical (unpaired) electrons. The van der Waals surface area contributed by atoms with Crippen LogP contribution in [0.5, 0.6) is 5.75 Å². The molecule has 0 N–H and O–H groups in total. The molecule has 0 saturated carbocycles. The van der Waals surface area contributed by atoms with Crippen LogP contribution in [0.3, 0.4) is 0 Å². The van der Waals surface area contributed by atoms with Gasteiger partial charge in [0.25, 0.3) is 0 Å². The molecule has 0 aliphatic carbocycles. The Balaban J connectivity index is 0.000000294. The molecule has 278 valence electrons. The average Bonchev–Trinajstić information content (AvgIpc) is 3.18. The molecule has 1 atom stereocenters. The second-order valence-corrected chi connectivity index (χ2v) is 13.2. The van der Waals surface area contributed by atoms with E-state index in [0.29, 0.717) is 35.1 Å². The maximum atomic E-state index is 10.3. The zero-order valence-corrected chi connectivity index (χ0v) is 32.7. The molecule has 1 unspecified atom stereocenters. The zero-order valence-electron chi connectivity index (χ0n) is 31.9. The fraction of sp³-hybridized carbons (Fsp3) is 0.364. The van der Waals surface area contributed by atoms with Crippen LogP contribution >= 0.6 is 11.6 Å². The largest absolute Gasteiger partial charge is 0.455 e. The van der Waals surface area contributed by atoms with Gasteiger partial charge in [0.05, 0.1) is 17.5 Å². The summed E-state index contributed by atoms with van der Waals surface area (Å²) in [4.78, 5) is 23.8. The van der Waals surface area contributed by atoms with Gasteiger partial charge in [0.15, 0.2) is 0 Å². The number of aromatic nitrogens is 2. The highest BCUT2D eigenvalue weighted by molar-refractivity contribution is 6.18. The average molecular weight is 734 g/mol. The van der Waals surface area contributed by atoms with Gasteiger partial charge in [0.2, 0.25) is 0 Å². The monoisotopic (exact) mass is 733 g/mol. The van der Waals surface area contributed by atoms with E-state index in [9.17, 15) is 10.1 Å². The first-order valence-electron chi connectivity index (χ1n) is 18.5. The molecule has 3 heterocycles. The molecule has 2 aromatic carbocycles. The number of nitriles is 1. The van der Waals surface area contributed by atoms with Crippen molar-refractivity contribution in [2.75, 3.05) is 49.0 Å². The molecule has 9 heteroatoms. The van der Waals surface area contributed by atoms with Gasteiger partial charge in [0, 0.05) is 81.0 Å². The summed E-state index contributed by atoms with van der Waals surface area (Å²) in [7, 11) is 1.68. The quantitative estimate of drug-likeness (QED) is 0.0487. The van der Waals surface area contributed by atoms with Crippen LogP contribution in [-0.2, 0) is 16.0 Å². The summed E-state index contributed by atoms with van der Waals surface area (Å²) < 4.78 is 12.0. The van der Waals surface area contributed by atoms with E-state index in [1.165, 1.54) is 11.3 Å². The number of alkyl halides is 1. The van der Waals surface area contributed by atoms with Crippen LogP contribution in [0.15, 0.2) is 91.0 Å². The Labute approximate surface area is 320 Å². The number of aryl methyl sites for hydroxylation is 2. The molecule has 53 heavy (non-hydrogen) atoms. The highest BCUT2D eigenvalue weighted by atomic mass is 35.5. The predicted molar refractivity (Wildman–Crippen MR) is 218 cm³/mol. The first-order chi connectivity index (χ1) is 25.8. The van der Waals surface area contributed by atoms with Crippen molar-refractivity contribution in [2.24, 2.45) is 0 Å². The number of methoxy groups -OCH3 is 1. The minimum Gasteiger partial charge on any atom is -0.455 e. The number of carbonyl (C=O) groups excluding carboxylic acids is 1. The van der Waals surface area contributed by atoms with Crippen LogP contribution in [0.2, 0.25) is 0 Å². The number of fused-ring (bicyclic) bond motifs is 1. The van der Waals surface area contributed by atoms with Gasteiger partial charge in [-0.1, -0.05) is 19.1 Å². The number of nitrogens with zero attached hydrogens (tertiary/aromatic N) is 5. The molecule has 0 bridgehead atoms. The van der Waals surface area contributed by atoms with Crippen molar-refractivity contribution in [1.82, 2.24) is 9.97 Å². The number of ether oxygens (including phenoxy) is 2. The lowest BCUT2D eigenvalue weighted by Gasteiger charge is -2.27. The van der Waals surface area contributed by atoms with E-state index in [1.807, 2.05) is 50.3 Å². The standard InChI is InChI=1S/C29H30N4O2.C15H22ClNO/c1-6-33(7-2)22-8-9-23-24(20(4)34-5)17-29(35-28(23)16-22)25(18-30)21-11-13-32-27(15-21)26-14-19(3)10-12-31-26;1-2-11-17(12-10-16)15-8-6-14(7-9-15)5-3-4-13-18/h8-17,20H,6-7H2,1-5H3;6-9,13H,2-5,10-12H2,1H3/b29-25-;. The van der Waals surface area contributed by atoms with Crippen molar-refractivity contribution in [2.45, 2.75) is 66.4 Å². The smallest absolute Gasteiger partial charge is 0.146 e. The molecule has 0 spiro atoms. The van der Waals surface area contributed by atoms with E-state index in [0.717, 1.165) is 85.4 Å². The number of anilines is 2. The highest BCUT2D eigenvalue weighted by Gasteiger charge is 2.25. The van der Waals surface area contributed by atoms with Crippen LogP contribution in [0.25, 0.3) is 22.5 Å². The Hall–Kier alpha value is -4.97. The molecule has 1 aliphatic heterocycles. The van der Waals surface area contributed by atoms with Crippen molar-refractivity contribution >= 4 is 40.4 Å². The lowest BCUT2D eigenvalue weighted by molar-refractivity contribution is -0.107. The Morgan fingerprint density at radius 2 is 1.64 bits per heavy atom. The summed E-state index contributed by atoms with van der Waals surface area (Å²) in [5, 5.41) is 10.2. The summed E-state index contributed by atoms with van der Waals surface area (Å²) in [5.41, 5.74) is 9.26. The van der Waals surface area contributed by atoms with Crippen molar-refractivity contribution in [3.8, 4) is 23.2 Å². The minimum absolute atomic E-state index is 0.170. The van der Waals surface area contributed by atoms with E-state index in [2.05, 4.69) is 83.0 Å². The molecule has 0 amide bonds. The SMILES string of the molecule is CCCN(CCCl)c1ccc(CCCC=O)cc1.CCN(CC)c1ccc2c(c1)O/C(=C(/C#N)c1ccnc(-c3cc(C)ccn3)c1)C=C2C(C)OC. The number of benzene rings is 2. The molecule has 0 fully saturated rings. The van der Waals surface area contributed by atoms with Crippen molar-refractivity contribution in [3.63, 3.8) is 0 Å². The van der Waals surface area contributed by atoms with E-state index in [4.69, 9.17) is 21.1 Å². The van der Waals surface area contributed by atoms with Crippen molar-refractivity contribution < 1.29 is 14.3 Å². The number of hydrogen-bond donors (Lipinski definition) is 0. The molecule has 0 saturated heterocycles. The van der Waals surface area contributed by atoms with Crippen LogP contribution in [0.1, 0.15) is 69.2 Å². The summed E-state index contributed by atoms with van der Waals surface area (Å²) in [6.07, 6.45) is 9.87. The van der Waals surface area contributed by atoms with Crippen LogP contribution in [-0.4, -0.2) is 61.5 Å². The highest BCUT2D eigenvalue weighted by Crippen LogP contribution is 2.40. The lowest BCUT2D eigenvalue weighted by Crippen LogP contribution is -2.26. The summed E-state index contributed by atoms with van der Waals surface area (Å²) in [6.45, 7) is 14.2. The Morgan fingerprint density at radius 1 is 0.943 bits per heavy atom. The number of carbonyl (C=O) groups is 1. The molecule has 5 rings (SSSR count). The number of halogens is 1. The van der Waals surface area contributed by atoms with Gasteiger partial charge >= 0.3 is 0 Å². The minimum atomic E-state index is -0.170. The zero-order chi connectivity index (χ0) is 38.2. The molecule has 1 aliphatic rings. The Morgan fingerprint density at radius 3 is 2.26 bits per heavy atom. The lowest BCUT2D eigenvalue weighted by atomic mass is 9.94. The number of pyridine rings is 2. The Kier molecular flexibility index (Phi) is 16.1. The fourth-order valence-electron chi connectivity index (χ4n) is 6.24. The van der Waals surface area contributed by atoms with Gasteiger partial charge in [-0.05, 0) is 124 Å². The maximum Gasteiger partial charge on any atom is 0.146 e. The molecular weight excluding hydrogens is 682 g/mol. The maximum absolute atomic E-state index is 10.3. The summed E-state index contributed by atoms with van der Waals surface area (Å²) >= 11 is 5.82. The summed E-state index contributed by atoms with van der Waals surface area (Å²) in [6, 6.07) is 24.8. The van der Waals surface area contributed by atoms with E-state index in [-0.39, 0.29) is 6.10 Å². The molecule has 2 aromatic heterocycles. The fourth-order valence-corrected chi connectivity index (χ4v) is 6.45. The third-order valence-electron chi connectivity index (χ3n) is 9.22. The van der Waals surface area contributed by atoms with Crippen molar-refractivity contribution in [3.05, 3.63) is 113 Å². The molecular formula is C44H52ClN5O3. The number of allylic oxidation sites excluding steroid dienone is 2. The molecule has 4 aromatic rings. The van der Waals surface area contributed by atoms with Gasteiger partial charge < -0.3 is 24.1 Å². The third kappa shape index (κ3) is 11.0. The predicted octanol–water partition coefficient (Wildman–Crippen LogP) is 9.71. The number of rotatable bonds is 16. The third-order valence-corrected chi connectivity index (χ3v) is 9.39. The molecule has 8 nitrogen and oxygen atoms in total. The van der Waals surface area contributed by atoms with E-state index < -0.39 is 0 Å². The van der Waals surface area contributed by atoms with E-state index >= 15 is 0 Å². The first kappa shape index (κ1) is 40.8. The van der Waals surface area contributed by atoms with Crippen molar-refractivity contribution in [1.29, 1.82) is 5.26 Å². The van der Waals surface area contributed by atoms with Gasteiger partial charge in [0.1, 0.15) is 29.4 Å². The first-order valence-corrected chi connectivity index (χ1v) is 19.0. The second kappa shape index (κ2) is 20.9. The van der Waals surface area contributed by atoms with Gasteiger partial charge in [-0.3, -0.25) is 9.97 Å².